The van der Waals surface area contributed by atoms with Crippen LogP contribution in [0.25, 0.3) is 88.5 Å². The molecule has 266 valence electrons. The zero-order valence-electron chi connectivity index (χ0n) is 31.8. The van der Waals surface area contributed by atoms with Crippen molar-refractivity contribution in [3.8, 4) is 51.0 Å². The lowest BCUT2D eigenvalue weighted by atomic mass is 9.97. The van der Waals surface area contributed by atoms with Crippen molar-refractivity contribution in [2.75, 3.05) is 0 Å². The van der Waals surface area contributed by atoms with Crippen molar-refractivity contribution >= 4 is 43.6 Å². The van der Waals surface area contributed by atoms with Gasteiger partial charge in [0.2, 0.25) is 0 Å². The molecule has 0 unspecified atom stereocenters. The molecule has 0 saturated carbocycles. The molecule has 0 fully saturated rings. The third kappa shape index (κ3) is 5.32. The Labute approximate surface area is 326 Å². The molecule has 7 aromatic carbocycles. The van der Waals surface area contributed by atoms with E-state index in [1.807, 2.05) is 18.3 Å². The molecule has 3 aromatic heterocycles. The summed E-state index contributed by atoms with van der Waals surface area (Å²) in [5.41, 5.74) is 18.7. The Bertz CT molecular complexity index is 3260. The second-order valence-electron chi connectivity index (χ2n) is 15.0. The highest BCUT2D eigenvalue weighted by atomic mass is 15.0. The summed E-state index contributed by atoms with van der Waals surface area (Å²) in [6.45, 7) is 8.65. The Morgan fingerprint density at radius 2 is 1.02 bits per heavy atom. The van der Waals surface area contributed by atoms with Gasteiger partial charge < -0.3 is 9.13 Å². The van der Waals surface area contributed by atoms with Gasteiger partial charge in [-0.25, -0.2) is 0 Å². The molecule has 4 nitrogen and oxygen atoms in total. The minimum absolute atomic E-state index is 0.588. The van der Waals surface area contributed by atoms with E-state index in [9.17, 15) is 5.26 Å². The standard InChI is InChI=1S/C52H38N4/c1-32-13-18-40(34(3)25-32)37-16-21-50-44(28-37)42-9-5-7-11-48(42)55(50)39-23-24-54-47(30-39)46-27-36(31-53)15-20-52(46)56-49-12-8-6-10-43(49)45-29-38(17-22-51(45)56)41-19-14-33(2)26-35(41)4/h5-30H,1-4H3. The first-order valence-corrected chi connectivity index (χ1v) is 19.1. The number of hydrogen-bond acceptors (Lipinski definition) is 2. The number of fused-ring (bicyclic) bond motifs is 6. The molecular weight excluding hydrogens is 681 g/mol. The summed E-state index contributed by atoms with van der Waals surface area (Å²) in [7, 11) is 0. The van der Waals surface area contributed by atoms with Crippen molar-refractivity contribution < 1.29 is 0 Å². The smallest absolute Gasteiger partial charge is 0.0991 e. The highest BCUT2D eigenvalue weighted by Gasteiger charge is 2.20. The van der Waals surface area contributed by atoms with Gasteiger partial charge >= 0.3 is 0 Å². The summed E-state index contributed by atoms with van der Waals surface area (Å²) >= 11 is 0. The van der Waals surface area contributed by atoms with Gasteiger partial charge in [0, 0.05) is 39.0 Å². The van der Waals surface area contributed by atoms with E-state index in [1.54, 1.807) is 0 Å². The summed E-state index contributed by atoms with van der Waals surface area (Å²) in [4.78, 5) is 4.99. The Balaban J connectivity index is 1.16. The molecular formula is C52H38N4. The van der Waals surface area contributed by atoms with E-state index in [0.29, 0.717) is 5.56 Å². The van der Waals surface area contributed by atoms with Crippen LogP contribution in [0.5, 0.6) is 0 Å². The Morgan fingerprint density at radius 3 is 1.61 bits per heavy atom. The minimum Gasteiger partial charge on any atom is -0.309 e. The van der Waals surface area contributed by atoms with Gasteiger partial charge in [0.05, 0.1) is 45.1 Å². The maximum Gasteiger partial charge on any atom is 0.0991 e. The molecule has 0 N–H and O–H groups in total. The number of nitriles is 1. The fourth-order valence-electron chi connectivity index (χ4n) is 8.81. The molecule has 0 saturated heterocycles. The first-order chi connectivity index (χ1) is 27.4. The monoisotopic (exact) mass is 718 g/mol. The maximum absolute atomic E-state index is 10.1. The average molecular weight is 719 g/mol. The average Bonchev–Trinajstić information content (AvgIpc) is 3.73. The summed E-state index contributed by atoms with van der Waals surface area (Å²) in [6, 6.07) is 56.7. The van der Waals surface area contributed by atoms with E-state index < -0.39 is 0 Å². The lowest BCUT2D eigenvalue weighted by molar-refractivity contribution is 1.14. The van der Waals surface area contributed by atoms with E-state index >= 15 is 0 Å². The number of nitrogens with zero attached hydrogens (tertiary/aromatic N) is 4. The summed E-state index contributed by atoms with van der Waals surface area (Å²) < 4.78 is 4.67. The Kier molecular flexibility index (Phi) is 7.73. The van der Waals surface area contributed by atoms with Crippen LogP contribution in [0.4, 0.5) is 0 Å². The minimum atomic E-state index is 0.588. The van der Waals surface area contributed by atoms with E-state index in [-0.39, 0.29) is 0 Å². The van der Waals surface area contributed by atoms with Gasteiger partial charge in [0.1, 0.15) is 0 Å². The van der Waals surface area contributed by atoms with E-state index in [4.69, 9.17) is 4.98 Å². The lowest BCUT2D eigenvalue weighted by Gasteiger charge is -2.16. The number of pyridine rings is 1. The van der Waals surface area contributed by atoms with Crippen LogP contribution in [-0.4, -0.2) is 14.1 Å². The fraction of sp³-hybridized carbons (Fsp3) is 0.0769. The molecule has 0 aliphatic rings. The van der Waals surface area contributed by atoms with Crippen LogP contribution in [0, 0.1) is 39.0 Å². The van der Waals surface area contributed by atoms with Crippen LogP contribution >= 0.6 is 0 Å². The lowest BCUT2D eigenvalue weighted by Crippen LogP contribution is -2.00. The second kappa shape index (κ2) is 13.0. The van der Waals surface area contributed by atoms with Gasteiger partial charge in [-0.3, -0.25) is 4.98 Å². The topological polar surface area (TPSA) is 46.5 Å². The molecule has 0 aliphatic heterocycles. The number of benzene rings is 7. The van der Waals surface area contributed by atoms with Crippen LogP contribution in [0.15, 0.2) is 158 Å². The molecule has 0 atom stereocenters. The molecule has 10 rings (SSSR count). The molecule has 0 radical (unpaired) electrons. The molecule has 4 heteroatoms. The predicted octanol–water partition coefficient (Wildman–Crippen LogP) is 13.4. The van der Waals surface area contributed by atoms with E-state index in [1.165, 1.54) is 66.1 Å². The first kappa shape index (κ1) is 33.4. The molecule has 3 heterocycles. The Hall–Kier alpha value is -7.22. The quantitative estimate of drug-likeness (QED) is 0.178. The van der Waals surface area contributed by atoms with Gasteiger partial charge in [-0.05, 0) is 128 Å². The van der Waals surface area contributed by atoms with Gasteiger partial charge in [-0.15, -0.1) is 0 Å². The van der Waals surface area contributed by atoms with Crippen molar-refractivity contribution in [1.82, 2.24) is 14.1 Å². The first-order valence-electron chi connectivity index (χ1n) is 19.1. The van der Waals surface area contributed by atoms with Gasteiger partial charge in [0.25, 0.3) is 0 Å². The normalized spacial score (nSPS) is 11.6. The van der Waals surface area contributed by atoms with Crippen LogP contribution in [0.1, 0.15) is 27.8 Å². The van der Waals surface area contributed by atoms with Crippen LogP contribution in [0.3, 0.4) is 0 Å². The third-order valence-electron chi connectivity index (χ3n) is 11.4. The molecule has 0 aliphatic carbocycles. The molecule has 0 spiro atoms. The number of hydrogen-bond donors (Lipinski definition) is 0. The molecule has 0 bridgehead atoms. The van der Waals surface area contributed by atoms with Crippen molar-refractivity contribution in [3.05, 3.63) is 186 Å². The highest BCUT2D eigenvalue weighted by molar-refractivity contribution is 6.12. The second-order valence-corrected chi connectivity index (χ2v) is 15.0. The number of rotatable bonds is 5. The zero-order chi connectivity index (χ0) is 38.1. The number of aryl methyl sites for hydroxylation is 4. The van der Waals surface area contributed by atoms with E-state index in [2.05, 4.69) is 182 Å². The fourth-order valence-corrected chi connectivity index (χ4v) is 8.81. The van der Waals surface area contributed by atoms with E-state index in [0.717, 1.165) is 44.7 Å². The number of para-hydroxylation sites is 2. The van der Waals surface area contributed by atoms with Crippen LogP contribution in [-0.2, 0) is 0 Å². The zero-order valence-corrected chi connectivity index (χ0v) is 31.8. The maximum atomic E-state index is 10.1. The molecule has 0 amide bonds. The summed E-state index contributed by atoms with van der Waals surface area (Å²) in [6.07, 6.45) is 1.89. The largest absolute Gasteiger partial charge is 0.309 e. The van der Waals surface area contributed by atoms with Gasteiger partial charge in [-0.1, -0.05) is 96.1 Å². The van der Waals surface area contributed by atoms with Crippen molar-refractivity contribution in [2.45, 2.75) is 27.7 Å². The van der Waals surface area contributed by atoms with Crippen LogP contribution < -0.4 is 0 Å². The molecule has 10 aromatic rings. The number of aromatic nitrogens is 3. The van der Waals surface area contributed by atoms with Crippen molar-refractivity contribution in [3.63, 3.8) is 0 Å². The summed E-state index contributed by atoms with van der Waals surface area (Å²) in [5, 5.41) is 14.9. The third-order valence-corrected chi connectivity index (χ3v) is 11.4. The summed E-state index contributed by atoms with van der Waals surface area (Å²) in [5.74, 6) is 0. The molecule has 56 heavy (non-hydrogen) atoms. The SMILES string of the molecule is Cc1ccc(-c2ccc3c(c2)c2ccccc2n3-c2ccnc(-c3cc(C#N)ccc3-n3c4ccccc4c4cc(-c5ccc(C)cc5C)ccc43)c2)c(C)c1. The van der Waals surface area contributed by atoms with Crippen molar-refractivity contribution in [1.29, 1.82) is 5.26 Å². The Morgan fingerprint density at radius 1 is 0.464 bits per heavy atom. The highest BCUT2D eigenvalue weighted by Crippen LogP contribution is 2.40. The van der Waals surface area contributed by atoms with Crippen molar-refractivity contribution in [2.24, 2.45) is 0 Å². The van der Waals surface area contributed by atoms with Crippen LogP contribution in [0.2, 0.25) is 0 Å². The van der Waals surface area contributed by atoms with Gasteiger partial charge in [0.15, 0.2) is 0 Å². The predicted molar refractivity (Wildman–Crippen MR) is 233 cm³/mol. The van der Waals surface area contributed by atoms with Gasteiger partial charge in [-0.2, -0.15) is 5.26 Å².